The number of thioether (sulfide) groups is 1. The molecular formula is C21H22FN3O2S2. The molecule has 2 aromatic rings. The first-order valence-electron chi connectivity index (χ1n) is 9.58. The maximum absolute atomic E-state index is 13.4. The number of halogens is 1. The SMILES string of the molecule is Cc1ccc(F)cc1NC(=O)CSC(=S)N1C[C@H]2C[C@H](C1)c1cccc(=O)n1C2. The van der Waals surface area contributed by atoms with Crippen LogP contribution in [-0.2, 0) is 11.3 Å². The van der Waals surface area contributed by atoms with Gasteiger partial charge in [-0.25, -0.2) is 4.39 Å². The van der Waals surface area contributed by atoms with E-state index in [2.05, 4.69) is 10.2 Å². The fourth-order valence-electron chi connectivity index (χ4n) is 4.18. The summed E-state index contributed by atoms with van der Waals surface area (Å²) in [5.74, 6) is 0.243. The van der Waals surface area contributed by atoms with E-state index in [1.54, 1.807) is 12.1 Å². The number of nitrogens with zero attached hydrogens (tertiary/aromatic N) is 2. The van der Waals surface area contributed by atoms with Crippen LogP contribution in [0.3, 0.4) is 0 Å². The van der Waals surface area contributed by atoms with E-state index in [0.29, 0.717) is 22.5 Å². The van der Waals surface area contributed by atoms with Crippen LogP contribution < -0.4 is 10.9 Å². The first-order chi connectivity index (χ1) is 13.9. The first-order valence-corrected chi connectivity index (χ1v) is 11.0. The van der Waals surface area contributed by atoms with Gasteiger partial charge in [-0.3, -0.25) is 9.59 Å². The molecular weight excluding hydrogens is 409 g/mol. The molecule has 2 bridgehead atoms. The number of hydrogen-bond donors (Lipinski definition) is 1. The number of benzene rings is 1. The van der Waals surface area contributed by atoms with Gasteiger partial charge in [0.15, 0.2) is 0 Å². The largest absolute Gasteiger partial charge is 0.356 e. The van der Waals surface area contributed by atoms with Crippen molar-refractivity contribution >= 4 is 39.9 Å². The first kappa shape index (κ1) is 20.1. The number of aromatic nitrogens is 1. The smallest absolute Gasteiger partial charge is 0.250 e. The molecule has 1 aromatic carbocycles. The van der Waals surface area contributed by atoms with Gasteiger partial charge in [-0.2, -0.15) is 0 Å². The standard InChI is InChI=1S/C21H22FN3O2S2/c1-13-5-6-16(22)8-17(13)23-19(26)12-29-21(28)24-9-14-7-15(11-24)18-3-2-4-20(27)25(18)10-14/h2-6,8,14-15H,7,9-12H2,1H3,(H,23,26)/t14-,15-/m1/s1. The number of carbonyl (C=O) groups is 1. The summed E-state index contributed by atoms with van der Waals surface area (Å²) < 4.78 is 16.0. The Morgan fingerprint density at radius 1 is 1.28 bits per heavy atom. The topological polar surface area (TPSA) is 54.3 Å². The molecule has 3 heterocycles. The minimum atomic E-state index is -0.381. The predicted octanol–water partition coefficient (Wildman–Crippen LogP) is 3.37. The maximum atomic E-state index is 13.4. The number of hydrogen-bond acceptors (Lipinski definition) is 4. The van der Waals surface area contributed by atoms with Crippen LogP contribution in [0.2, 0.25) is 0 Å². The molecule has 1 aromatic heterocycles. The third-order valence-corrected chi connectivity index (χ3v) is 7.06. The maximum Gasteiger partial charge on any atom is 0.250 e. The number of aryl methyl sites for hydroxylation is 1. The van der Waals surface area contributed by atoms with E-state index in [4.69, 9.17) is 12.2 Å². The van der Waals surface area contributed by atoms with Gasteiger partial charge in [0.25, 0.3) is 5.56 Å². The Morgan fingerprint density at radius 3 is 2.93 bits per heavy atom. The van der Waals surface area contributed by atoms with Crippen molar-refractivity contribution in [3.8, 4) is 0 Å². The lowest BCUT2D eigenvalue weighted by Gasteiger charge is -2.43. The molecule has 8 heteroatoms. The van der Waals surface area contributed by atoms with Crippen LogP contribution in [-0.4, -0.2) is 38.5 Å². The molecule has 2 aliphatic rings. The highest BCUT2D eigenvalue weighted by Crippen LogP contribution is 2.36. The summed E-state index contributed by atoms with van der Waals surface area (Å²) in [7, 11) is 0. The highest BCUT2D eigenvalue weighted by molar-refractivity contribution is 8.23. The molecule has 0 radical (unpaired) electrons. The summed E-state index contributed by atoms with van der Waals surface area (Å²) in [5.41, 5.74) is 2.43. The van der Waals surface area contributed by atoms with Gasteiger partial charge in [-0.1, -0.05) is 36.1 Å². The number of pyridine rings is 1. The zero-order valence-electron chi connectivity index (χ0n) is 16.1. The van der Waals surface area contributed by atoms with Gasteiger partial charge in [0, 0.05) is 43.0 Å². The highest BCUT2D eigenvalue weighted by Gasteiger charge is 2.35. The van der Waals surface area contributed by atoms with Crippen LogP contribution in [0.25, 0.3) is 0 Å². The number of rotatable bonds is 3. The lowest BCUT2D eigenvalue weighted by molar-refractivity contribution is -0.113. The van der Waals surface area contributed by atoms with Crippen molar-refractivity contribution in [2.45, 2.75) is 25.8 Å². The quantitative estimate of drug-likeness (QED) is 0.756. The van der Waals surface area contributed by atoms with Crippen molar-refractivity contribution in [2.24, 2.45) is 5.92 Å². The second-order valence-electron chi connectivity index (χ2n) is 7.67. The van der Waals surface area contributed by atoms with Gasteiger partial charge in [0.2, 0.25) is 5.91 Å². The van der Waals surface area contributed by atoms with E-state index in [1.165, 1.54) is 23.9 Å². The van der Waals surface area contributed by atoms with Crippen LogP contribution >= 0.6 is 24.0 Å². The third kappa shape index (κ3) is 4.38. The summed E-state index contributed by atoms with van der Waals surface area (Å²) >= 11 is 6.91. The van der Waals surface area contributed by atoms with Gasteiger partial charge in [0.05, 0.1) is 5.75 Å². The summed E-state index contributed by atoms with van der Waals surface area (Å²) in [5, 5.41) is 2.75. The number of anilines is 1. The van der Waals surface area contributed by atoms with E-state index in [0.717, 1.165) is 30.8 Å². The van der Waals surface area contributed by atoms with Crippen LogP contribution in [0.5, 0.6) is 0 Å². The fourth-order valence-corrected chi connectivity index (χ4v) is 5.16. The zero-order valence-corrected chi connectivity index (χ0v) is 17.7. The number of thiocarbonyl (C=S) groups is 1. The van der Waals surface area contributed by atoms with E-state index in [-0.39, 0.29) is 29.0 Å². The Labute approximate surface area is 178 Å². The highest BCUT2D eigenvalue weighted by atomic mass is 32.2. The Balaban J connectivity index is 1.36. The molecule has 5 nitrogen and oxygen atoms in total. The van der Waals surface area contributed by atoms with Crippen molar-refractivity contribution in [3.05, 3.63) is 63.8 Å². The molecule has 29 heavy (non-hydrogen) atoms. The van der Waals surface area contributed by atoms with E-state index >= 15 is 0 Å². The van der Waals surface area contributed by atoms with E-state index in [1.807, 2.05) is 23.6 Å². The predicted molar refractivity (Wildman–Crippen MR) is 118 cm³/mol. The van der Waals surface area contributed by atoms with Gasteiger partial charge < -0.3 is 14.8 Å². The van der Waals surface area contributed by atoms with Crippen molar-refractivity contribution < 1.29 is 9.18 Å². The second kappa shape index (κ2) is 8.28. The summed E-state index contributed by atoms with van der Waals surface area (Å²) in [6, 6.07) is 9.78. The molecule has 0 aliphatic carbocycles. The van der Waals surface area contributed by atoms with Crippen LogP contribution in [0.15, 0.2) is 41.2 Å². The molecule has 152 valence electrons. The number of fused-ring (bicyclic) bond motifs is 4. The molecule has 4 rings (SSSR count). The molecule has 2 atom stereocenters. The summed E-state index contributed by atoms with van der Waals surface area (Å²) in [6.07, 6.45) is 1.06. The van der Waals surface area contributed by atoms with Crippen molar-refractivity contribution in [2.75, 3.05) is 24.2 Å². The number of amides is 1. The fraction of sp³-hybridized carbons (Fsp3) is 0.381. The average Bonchev–Trinajstić information content (AvgIpc) is 2.69. The summed E-state index contributed by atoms with van der Waals surface area (Å²) in [6.45, 7) is 4.10. The molecule has 1 fully saturated rings. The Bertz CT molecular complexity index is 1020. The average molecular weight is 432 g/mol. The second-order valence-corrected chi connectivity index (χ2v) is 9.27. The molecule has 2 aliphatic heterocycles. The Morgan fingerprint density at radius 2 is 2.10 bits per heavy atom. The van der Waals surface area contributed by atoms with Gasteiger partial charge in [0.1, 0.15) is 10.1 Å². The zero-order chi connectivity index (χ0) is 20.5. The molecule has 1 saturated heterocycles. The van der Waals surface area contributed by atoms with Crippen LogP contribution in [0, 0.1) is 18.7 Å². The Kier molecular flexibility index (Phi) is 5.74. The molecule has 1 N–H and O–H groups in total. The molecule has 1 amide bonds. The van der Waals surface area contributed by atoms with Gasteiger partial charge >= 0.3 is 0 Å². The minimum Gasteiger partial charge on any atom is -0.356 e. The van der Waals surface area contributed by atoms with Crippen molar-refractivity contribution in [1.82, 2.24) is 9.47 Å². The number of nitrogens with one attached hydrogen (secondary N) is 1. The van der Waals surface area contributed by atoms with Gasteiger partial charge in [-0.15, -0.1) is 0 Å². The monoisotopic (exact) mass is 431 g/mol. The van der Waals surface area contributed by atoms with Crippen molar-refractivity contribution in [1.29, 1.82) is 0 Å². The minimum absolute atomic E-state index is 0.0620. The van der Waals surface area contributed by atoms with E-state index < -0.39 is 0 Å². The molecule has 0 unspecified atom stereocenters. The molecule has 0 spiro atoms. The van der Waals surface area contributed by atoms with Gasteiger partial charge in [-0.05, 0) is 43.0 Å². The summed E-state index contributed by atoms with van der Waals surface area (Å²) in [4.78, 5) is 26.6. The van der Waals surface area contributed by atoms with Crippen molar-refractivity contribution in [3.63, 3.8) is 0 Å². The lowest BCUT2D eigenvalue weighted by Crippen LogP contribution is -2.48. The van der Waals surface area contributed by atoms with Crippen LogP contribution in [0.4, 0.5) is 10.1 Å². The number of carbonyl (C=O) groups excluding carboxylic acids is 1. The normalized spacial score (nSPS) is 20.1. The molecule has 0 saturated carbocycles. The number of likely N-dealkylation sites (tertiary alicyclic amines) is 1. The lowest BCUT2D eigenvalue weighted by atomic mass is 9.83. The van der Waals surface area contributed by atoms with E-state index in [9.17, 15) is 14.0 Å². The third-order valence-electron chi connectivity index (χ3n) is 5.54. The Hall–Kier alpha value is -2.19. The number of piperidine rings is 1. The van der Waals surface area contributed by atoms with Crippen LogP contribution in [0.1, 0.15) is 23.6 Å².